The van der Waals surface area contributed by atoms with Gasteiger partial charge in [0.15, 0.2) is 0 Å². The number of hydrogen-bond donors (Lipinski definition) is 2. The highest BCUT2D eigenvalue weighted by molar-refractivity contribution is 7.89. The zero-order valence-corrected chi connectivity index (χ0v) is 16.3. The second-order valence-corrected chi connectivity index (χ2v) is 8.61. The normalized spacial score (nSPS) is 17.7. The van der Waals surface area contributed by atoms with Crippen molar-refractivity contribution in [2.24, 2.45) is 5.92 Å². The summed E-state index contributed by atoms with van der Waals surface area (Å²) in [5.41, 5.74) is 5.84. The highest BCUT2D eigenvalue weighted by Crippen LogP contribution is 2.24. The molecular formula is C19H22N4O4S. The van der Waals surface area contributed by atoms with Gasteiger partial charge < -0.3 is 0 Å². The van der Waals surface area contributed by atoms with Crippen LogP contribution in [-0.2, 0) is 14.8 Å². The molecule has 2 aromatic rings. The molecule has 0 unspecified atom stereocenters. The lowest BCUT2D eigenvalue weighted by atomic mass is 9.99. The number of benzene rings is 1. The van der Waals surface area contributed by atoms with Gasteiger partial charge >= 0.3 is 0 Å². The third-order valence-corrected chi connectivity index (χ3v) is 6.49. The van der Waals surface area contributed by atoms with Gasteiger partial charge in [-0.15, -0.1) is 0 Å². The molecule has 8 nitrogen and oxygen atoms in total. The van der Waals surface area contributed by atoms with Gasteiger partial charge in [-0.1, -0.05) is 23.8 Å². The van der Waals surface area contributed by atoms with Crippen molar-refractivity contribution in [3.8, 4) is 0 Å². The van der Waals surface area contributed by atoms with Crippen molar-refractivity contribution >= 4 is 21.8 Å². The molecule has 148 valence electrons. The summed E-state index contributed by atoms with van der Waals surface area (Å²) in [5, 5.41) is 0. The number of hydrogen-bond acceptors (Lipinski definition) is 5. The molecule has 1 aromatic heterocycles. The first-order chi connectivity index (χ1) is 13.4. The van der Waals surface area contributed by atoms with Crippen LogP contribution in [0, 0.1) is 12.8 Å². The maximum Gasteiger partial charge on any atom is 0.288 e. The summed E-state index contributed by atoms with van der Waals surface area (Å²) >= 11 is 0. The Morgan fingerprint density at radius 1 is 1.11 bits per heavy atom. The molecular weight excluding hydrogens is 380 g/mol. The van der Waals surface area contributed by atoms with E-state index in [0.717, 1.165) is 5.56 Å². The minimum absolute atomic E-state index is 0.0709. The van der Waals surface area contributed by atoms with E-state index in [1.807, 2.05) is 6.92 Å². The number of pyridine rings is 1. The molecule has 0 aliphatic carbocycles. The first kappa shape index (κ1) is 20.0. The van der Waals surface area contributed by atoms with Crippen LogP contribution in [0.3, 0.4) is 0 Å². The second-order valence-electron chi connectivity index (χ2n) is 6.67. The molecule has 2 heterocycles. The molecule has 9 heteroatoms. The predicted octanol–water partition coefficient (Wildman–Crippen LogP) is 1.25. The van der Waals surface area contributed by atoms with Crippen molar-refractivity contribution in [2.45, 2.75) is 24.7 Å². The van der Waals surface area contributed by atoms with Gasteiger partial charge in [0.05, 0.1) is 10.8 Å². The summed E-state index contributed by atoms with van der Waals surface area (Å²) in [5.74, 6) is -1.50. The average Bonchev–Trinajstić information content (AvgIpc) is 2.72. The maximum atomic E-state index is 12.8. The van der Waals surface area contributed by atoms with Crippen molar-refractivity contribution < 1.29 is 18.0 Å². The van der Waals surface area contributed by atoms with Gasteiger partial charge in [-0.05, 0) is 44.0 Å². The summed E-state index contributed by atoms with van der Waals surface area (Å²) in [6.07, 6.45) is 2.59. The Kier molecular flexibility index (Phi) is 6.05. The molecule has 1 aliphatic heterocycles. The van der Waals surface area contributed by atoms with Gasteiger partial charge in [-0.2, -0.15) is 4.31 Å². The number of carbonyl (C=O) groups excluding carboxylic acids is 2. The minimum Gasteiger partial charge on any atom is -0.273 e. The number of rotatable bonds is 4. The van der Waals surface area contributed by atoms with Crippen LogP contribution in [-0.4, -0.2) is 42.6 Å². The topological polar surface area (TPSA) is 108 Å². The highest BCUT2D eigenvalue weighted by atomic mass is 32.2. The first-order valence-corrected chi connectivity index (χ1v) is 10.4. The highest BCUT2D eigenvalue weighted by Gasteiger charge is 2.33. The Hall–Kier alpha value is -2.78. The van der Waals surface area contributed by atoms with E-state index in [0.29, 0.717) is 19.4 Å². The van der Waals surface area contributed by atoms with E-state index in [4.69, 9.17) is 0 Å². The fourth-order valence-corrected chi connectivity index (χ4v) is 4.54. The maximum absolute atomic E-state index is 12.8. The van der Waals surface area contributed by atoms with Crippen LogP contribution in [0.5, 0.6) is 0 Å². The van der Waals surface area contributed by atoms with Crippen molar-refractivity contribution in [3.05, 3.63) is 59.9 Å². The lowest BCUT2D eigenvalue weighted by Gasteiger charge is -2.31. The van der Waals surface area contributed by atoms with Crippen LogP contribution >= 0.6 is 0 Å². The SMILES string of the molecule is Cc1ccc(S(=O)(=O)N2CCC[C@@H](C(=O)NNC(=O)c3ccccn3)C2)cc1. The molecule has 0 saturated carbocycles. The Bertz CT molecular complexity index is 946. The number of sulfonamides is 1. The summed E-state index contributed by atoms with van der Waals surface area (Å²) in [6, 6.07) is 11.5. The standard InChI is InChI=1S/C19H22N4O4S/c1-14-7-9-16(10-8-14)28(26,27)23-12-4-5-15(13-23)18(24)21-22-19(25)17-6-2-3-11-20-17/h2-3,6-11,15H,4-5,12-13H2,1H3,(H,21,24)(H,22,25)/t15-/m1/s1. The summed E-state index contributed by atoms with van der Waals surface area (Å²) in [4.78, 5) is 28.5. The minimum atomic E-state index is -3.66. The fraction of sp³-hybridized carbons (Fsp3) is 0.316. The van der Waals surface area contributed by atoms with E-state index >= 15 is 0 Å². The molecule has 0 spiro atoms. The zero-order chi connectivity index (χ0) is 20.1. The fourth-order valence-electron chi connectivity index (χ4n) is 3.02. The smallest absolute Gasteiger partial charge is 0.273 e. The quantitative estimate of drug-likeness (QED) is 0.749. The van der Waals surface area contributed by atoms with Gasteiger partial charge in [-0.3, -0.25) is 25.4 Å². The number of aromatic nitrogens is 1. The monoisotopic (exact) mass is 402 g/mol. The summed E-state index contributed by atoms with van der Waals surface area (Å²) in [7, 11) is -3.66. The number of nitrogens with one attached hydrogen (secondary N) is 2. The van der Waals surface area contributed by atoms with Crippen molar-refractivity contribution in [1.29, 1.82) is 0 Å². The number of aryl methyl sites for hydroxylation is 1. The summed E-state index contributed by atoms with van der Waals surface area (Å²) in [6.45, 7) is 2.32. The molecule has 1 saturated heterocycles. The number of nitrogens with zero attached hydrogens (tertiary/aromatic N) is 2. The van der Waals surface area contributed by atoms with Crippen LogP contribution in [0.4, 0.5) is 0 Å². The van der Waals surface area contributed by atoms with Crippen LogP contribution in [0.25, 0.3) is 0 Å². The van der Waals surface area contributed by atoms with E-state index in [-0.39, 0.29) is 17.1 Å². The zero-order valence-electron chi connectivity index (χ0n) is 15.5. The van der Waals surface area contributed by atoms with E-state index in [2.05, 4.69) is 15.8 Å². The van der Waals surface area contributed by atoms with Crippen LogP contribution in [0.15, 0.2) is 53.6 Å². The van der Waals surface area contributed by atoms with E-state index < -0.39 is 27.8 Å². The largest absolute Gasteiger partial charge is 0.288 e. The van der Waals surface area contributed by atoms with Gasteiger partial charge in [0, 0.05) is 19.3 Å². The predicted molar refractivity (Wildman–Crippen MR) is 103 cm³/mol. The number of amides is 2. The average molecular weight is 402 g/mol. The molecule has 3 rings (SSSR count). The molecule has 2 N–H and O–H groups in total. The number of carbonyl (C=O) groups is 2. The molecule has 0 bridgehead atoms. The van der Waals surface area contributed by atoms with Gasteiger partial charge in [0.2, 0.25) is 15.9 Å². The van der Waals surface area contributed by atoms with Crippen LogP contribution in [0.1, 0.15) is 28.9 Å². The molecule has 1 aliphatic rings. The lowest BCUT2D eigenvalue weighted by molar-refractivity contribution is -0.126. The molecule has 1 atom stereocenters. The molecule has 0 radical (unpaired) electrons. The van der Waals surface area contributed by atoms with E-state index in [1.165, 1.54) is 16.6 Å². The molecule has 28 heavy (non-hydrogen) atoms. The molecule has 1 fully saturated rings. The second kappa shape index (κ2) is 8.49. The van der Waals surface area contributed by atoms with Gasteiger partial charge in [0.1, 0.15) is 5.69 Å². The van der Waals surface area contributed by atoms with E-state index in [9.17, 15) is 18.0 Å². The third kappa shape index (κ3) is 4.55. The number of piperidine rings is 1. The molecule has 1 aromatic carbocycles. The number of hydrazine groups is 1. The Balaban J connectivity index is 1.61. The Morgan fingerprint density at radius 3 is 2.54 bits per heavy atom. The molecule has 2 amide bonds. The van der Waals surface area contributed by atoms with Crippen LogP contribution < -0.4 is 10.9 Å². The van der Waals surface area contributed by atoms with Crippen molar-refractivity contribution in [2.75, 3.05) is 13.1 Å². The van der Waals surface area contributed by atoms with Gasteiger partial charge in [-0.25, -0.2) is 8.42 Å². The Morgan fingerprint density at radius 2 is 1.86 bits per heavy atom. The van der Waals surface area contributed by atoms with E-state index in [1.54, 1.807) is 36.4 Å². The van der Waals surface area contributed by atoms with Crippen molar-refractivity contribution in [3.63, 3.8) is 0 Å². The third-order valence-electron chi connectivity index (χ3n) is 4.61. The van der Waals surface area contributed by atoms with Crippen LogP contribution in [0.2, 0.25) is 0 Å². The summed E-state index contributed by atoms with van der Waals surface area (Å²) < 4.78 is 27.0. The van der Waals surface area contributed by atoms with Gasteiger partial charge in [0.25, 0.3) is 5.91 Å². The lowest BCUT2D eigenvalue weighted by Crippen LogP contribution is -2.50. The Labute approximate surface area is 164 Å². The van der Waals surface area contributed by atoms with Crippen molar-refractivity contribution in [1.82, 2.24) is 20.1 Å². The first-order valence-electron chi connectivity index (χ1n) is 8.96.